The van der Waals surface area contributed by atoms with E-state index in [4.69, 9.17) is 14.2 Å². The summed E-state index contributed by atoms with van der Waals surface area (Å²) >= 11 is 0. The Morgan fingerprint density at radius 2 is 1.33 bits per heavy atom. The molecule has 0 spiro atoms. The van der Waals surface area contributed by atoms with E-state index in [1.807, 2.05) is 48.5 Å². The molecule has 1 fully saturated rings. The van der Waals surface area contributed by atoms with Crippen molar-refractivity contribution >= 4 is 17.5 Å². The minimum atomic E-state index is -0.574. The summed E-state index contributed by atoms with van der Waals surface area (Å²) in [6.45, 7) is 5.18. The predicted molar refractivity (Wildman–Crippen MR) is 143 cm³/mol. The van der Waals surface area contributed by atoms with Crippen molar-refractivity contribution in [3.63, 3.8) is 0 Å². The first kappa shape index (κ1) is 27.7. The molecule has 1 aliphatic rings. The number of ether oxygens (including phenoxy) is 3. The molecule has 0 unspecified atom stereocenters. The first-order valence-corrected chi connectivity index (χ1v) is 13.8. The molecule has 0 aromatic heterocycles. The van der Waals surface area contributed by atoms with Gasteiger partial charge in [-0.15, -0.1) is 0 Å². The average molecular weight is 495 g/mol. The fraction of sp³-hybridized carbons (Fsp3) is 0.567. The van der Waals surface area contributed by atoms with Crippen LogP contribution in [0.3, 0.4) is 0 Å². The highest BCUT2D eigenvalue weighted by atomic mass is 16.7. The summed E-state index contributed by atoms with van der Waals surface area (Å²) in [5.41, 5.74) is 2.47. The van der Waals surface area contributed by atoms with Crippen LogP contribution in [0.15, 0.2) is 58.8 Å². The second kappa shape index (κ2) is 16.0. The van der Waals surface area contributed by atoms with Crippen LogP contribution in [0.4, 0.5) is 16.2 Å². The quantitative estimate of drug-likeness (QED) is 0.132. The zero-order valence-electron chi connectivity index (χ0n) is 22.0. The molecular weight excluding hydrogens is 452 g/mol. The Morgan fingerprint density at radius 3 is 2.00 bits per heavy atom. The summed E-state index contributed by atoms with van der Waals surface area (Å²) in [7, 11) is 0. The van der Waals surface area contributed by atoms with Crippen LogP contribution in [-0.2, 0) is 9.47 Å². The van der Waals surface area contributed by atoms with Gasteiger partial charge in [-0.05, 0) is 61.2 Å². The first-order valence-electron chi connectivity index (χ1n) is 13.8. The van der Waals surface area contributed by atoms with E-state index in [2.05, 4.69) is 24.1 Å². The highest BCUT2D eigenvalue weighted by Gasteiger charge is 2.30. The van der Waals surface area contributed by atoms with Crippen LogP contribution in [0.2, 0.25) is 0 Å². The number of cyclic esters (lactones) is 2. The molecule has 1 saturated heterocycles. The molecule has 1 aliphatic heterocycles. The molecule has 0 radical (unpaired) electrons. The standard InChI is InChI=1S/C30H42N2O4/c1-3-5-7-9-10-12-22-34-27-20-18-26(19-21-27)32-31-25-16-14-24(15-17-25)29-23-28(35-30(33)36-29)13-11-8-6-4-2/h14-21,28-29H,3-13,22-23H2,1-2H3/t28-,29-/m0/s1. The molecule has 196 valence electrons. The van der Waals surface area contributed by atoms with E-state index in [-0.39, 0.29) is 12.2 Å². The Labute approximate surface area is 216 Å². The van der Waals surface area contributed by atoms with Gasteiger partial charge in [-0.25, -0.2) is 4.79 Å². The van der Waals surface area contributed by atoms with E-state index < -0.39 is 6.16 Å². The van der Waals surface area contributed by atoms with Gasteiger partial charge in [0.2, 0.25) is 0 Å². The van der Waals surface area contributed by atoms with E-state index in [9.17, 15) is 4.79 Å². The minimum absolute atomic E-state index is 0.0785. The summed E-state index contributed by atoms with van der Waals surface area (Å²) < 4.78 is 16.7. The number of rotatable bonds is 16. The van der Waals surface area contributed by atoms with Gasteiger partial charge < -0.3 is 14.2 Å². The normalized spacial score (nSPS) is 17.7. The van der Waals surface area contributed by atoms with Crippen molar-refractivity contribution in [1.29, 1.82) is 0 Å². The topological polar surface area (TPSA) is 69.5 Å². The molecule has 1 heterocycles. The molecule has 6 heteroatoms. The Bertz CT molecular complexity index is 912. The summed E-state index contributed by atoms with van der Waals surface area (Å²) in [6, 6.07) is 15.4. The molecule has 36 heavy (non-hydrogen) atoms. The van der Waals surface area contributed by atoms with Crippen LogP contribution in [0.25, 0.3) is 0 Å². The third-order valence-electron chi connectivity index (χ3n) is 6.51. The number of carbonyl (C=O) groups excluding carboxylic acids is 1. The van der Waals surface area contributed by atoms with E-state index >= 15 is 0 Å². The summed E-state index contributed by atoms with van der Waals surface area (Å²) in [5, 5.41) is 8.68. The number of hydrogen-bond acceptors (Lipinski definition) is 6. The maximum Gasteiger partial charge on any atom is 0.509 e. The fourth-order valence-electron chi connectivity index (χ4n) is 4.35. The van der Waals surface area contributed by atoms with Crippen molar-refractivity contribution in [3.05, 3.63) is 54.1 Å². The molecular formula is C30H42N2O4. The van der Waals surface area contributed by atoms with Crippen LogP contribution in [0.1, 0.15) is 103 Å². The molecule has 0 amide bonds. The van der Waals surface area contributed by atoms with Gasteiger partial charge in [0.05, 0.1) is 18.0 Å². The lowest BCUT2D eigenvalue weighted by molar-refractivity contribution is -0.0638. The van der Waals surface area contributed by atoms with Crippen molar-refractivity contribution in [2.75, 3.05) is 6.61 Å². The van der Waals surface area contributed by atoms with Crippen LogP contribution in [0, 0.1) is 0 Å². The zero-order chi connectivity index (χ0) is 25.4. The van der Waals surface area contributed by atoms with Gasteiger partial charge in [-0.3, -0.25) is 0 Å². The summed E-state index contributed by atoms with van der Waals surface area (Å²) in [6.07, 6.45) is 12.8. The lowest BCUT2D eigenvalue weighted by atomic mass is 9.98. The number of nitrogens with zero attached hydrogens (tertiary/aromatic N) is 2. The Morgan fingerprint density at radius 1 is 0.750 bits per heavy atom. The van der Waals surface area contributed by atoms with Crippen molar-refractivity contribution in [1.82, 2.24) is 0 Å². The van der Waals surface area contributed by atoms with Gasteiger partial charge in [-0.2, -0.15) is 10.2 Å². The lowest BCUT2D eigenvalue weighted by Crippen LogP contribution is -2.29. The van der Waals surface area contributed by atoms with Crippen LogP contribution in [0.5, 0.6) is 5.75 Å². The smallest absolute Gasteiger partial charge is 0.494 e. The van der Waals surface area contributed by atoms with Gasteiger partial charge in [0.25, 0.3) is 0 Å². The molecule has 0 N–H and O–H groups in total. The molecule has 2 atom stereocenters. The van der Waals surface area contributed by atoms with Crippen molar-refractivity contribution in [2.24, 2.45) is 10.2 Å². The van der Waals surface area contributed by atoms with Gasteiger partial charge in [0.1, 0.15) is 18.0 Å². The predicted octanol–water partition coefficient (Wildman–Crippen LogP) is 9.78. The Balaban J connectivity index is 1.43. The number of azo groups is 1. The van der Waals surface area contributed by atoms with Gasteiger partial charge in [-0.1, -0.05) is 77.3 Å². The molecule has 3 rings (SSSR count). The van der Waals surface area contributed by atoms with E-state index in [0.717, 1.165) is 48.6 Å². The van der Waals surface area contributed by atoms with Crippen molar-refractivity contribution in [2.45, 2.75) is 103 Å². The average Bonchev–Trinajstić information content (AvgIpc) is 2.90. The summed E-state index contributed by atoms with van der Waals surface area (Å²) in [5.74, 6) is 0.863. The van der Waals surface area contributed by atoms with Crippen LogP contribution in [-0.4, -0.2) is 18.9 Å². The second-order valence-corrected chi connectivity index (χ2v) is 9.58. The largest absolute Gasteiger partial charge is 0.509 e. The van der Waals surface area contributed by atoms with Crippen LogP contribution >= 0.6 is 0 Å². The van der Waals surface area contributed by atoms with Gasteiger partial charge in [0.15, 0.2) is 0 Å². The SMILES string of the molecule is CCCCCCCCOc1ccc(N=Nc2ccc([C@@H]3C[C@H](CCCCCC)OC(=O)O3)cc2)cc1. The van der Waals surface area contributed by atoms with E-state index in [1.165, 1.54) is 51.4 Å². The molecule has 2 aromatic rings. The Hall–Kier alpha value is -2.89. The second-order valence-electron chi connectivity index (χ2n) is 9.58. The van der Waals surface area contributed by atoms with Gasteiger partial charge >= 0.3 is 6.16 Å². The van der Waals surface area contributed by atoms with E-state index in [1.54, 1.807) is 0 Å². The molecule has 0 saturated carbocycles. The molecule has 6 nitrogen and oxygen atoms in total. The van der Waals surface area contributed by atoms with Gasteiger partial charge in [0, 0.05) is 6.42 Å². The zero-order valence-corrected chi connectivity index (χ0v) is 22.0. The number of hydrogen-bond donors (Lipinski definition) is 0. The molecule has 0 bridgehead atoms. The highest BCUT2D eigenvalue weighted by Crippen LogP contribution is 2.32. The first-order chi connectivity index (χ1) is 17.7. The van der Waals surface area contributed by atoms with Crippen molar-refractivity contribution in [3.8, 4) is 5.75 Å². The number of benzene rings is 2. The highest BCUT2D eigenvalue weighted by molar-refractivity contribution is 5.61. The number of carbonyl (C=O) groups is 1. The maximum atomic E-state index is 11.9. The van der Waals surface area contributed by atoms with Crippen molar-refractivity contribution < 1.29 is 19.0 Å². The maximum absolute atomic E-state index is 11.9. The Kier molecular flexibility index (Phi) is 12.3. The van der Waals surface area contributed by atoms with Crippen LogP contribution < -0.4 is 4.74 Å². The molecule has 0 aliphatic carbocycles. The lowest BCUT2D eigenvalue weighted by Gasteiger charge is -2.29. The van der Waals surface area contributed by atoms with E-state index in [0.29, 0.717) is 6.42 Å². The fourth-order valence-corrected chi connectivity index (χ4v) is 4.35. The third-order valence-corrected chi connectivity index (χ3v) is 6.51. The number of unbranched alkanes of at least 4 members (excludes halogenated alkanes) is 8. The monoisotopic (exact) mass is 494 g/mol. The minimum Gasteiger partial charge on any atom is -0.494 e. The third kappa shape index (κ3) is 10.00. The molecule has 2 aromatic carbocycles. The summed E-state index contributed by atoms with van der Waals surface area (Å²) in [4.78, 5) is 11.9.